The highest BCUT2D eigenvalue weighted by molar-refractivity contribution is 5.87. The van der Waals surface area contributed by atoms with Gasteiger partial charge in [-0.3, -0.25) is 4.79 Å². The predicted octanol–water partition coefficient (Wildman–Crippen LogP) is 3.99. The number of nitrogens with zero attached hydrogens (tertiary/aromatic N) is 2. The lowest BCUT2D eigenvalue weighted by Crippen LogP contribution is -2.35. The molecule has 0 unspecified atom stereocenters. The highest BCUT2D eigenvalue weighted by Gasteiger charge is 2.20. The minimum absolute atomic E-state index is 0.0973. The van der Waals surface area contributed by atoms with Crippen molar-refractivity contribution in [3.63, 3.8) is 0 Å². The van der Waals surface area contributed by atoms with Gasteiger partial charge in [-0.25, -0.2) is 0 Å². The molecular formula is C21H20N2O2. The Morgan fingerprint density at radius 1 is 1.20 bits per heavy atom. The van der Waals surface area contributed by atoms with E-state index in [-0.39, 0.29) is 12.3 Å². The van der Waals surface area contributed by atoms with E-state index in [0.717, 1.165) is 35.2 Å². The molecule has 0 radical (unpaired) electrons. The van der Waals surface area contributed by atoms with Crippen LogP contribution in [0.5, 0.6) is 0 Å². The topological polar surface area (TPSA) is 46.3 Å². The van der Waals surface area contributed by atoms with Crippen LogP contribution in [0, 0.1) is 6.92 Å². The van der Waals surface area contributed by atoms with Crippen LogP contribution in [0.3, 0.4) is 0 Å². The van der Waals surface area contributed by atoms with E-state index in [0.29, 0.717) is 6.54 Å². The molecule has 0 N–H and O–H groups in total. The molecule has 25 heavy (non-hydrogen) atoms. The van der Waals surface area contributed by atoms with Crippen molar-refractivity contribution in [3.8, 4) is 0 Å². The normalized spacial score (nSPS) is 14.6. The Morgan fingerprint density at radius 3 is 2.80 bits per heavy atom. The van der Waals surface area contributed by atoms with E-state index >= 15 is 0 Å². The third-order valence-corrected chi connectivity index (χ3v) is 4.73. The molecule has 1 aromatic heterocycles. The summed E-state index contributed by atoms with van der Waals surface area (Å²) >= 11 is 0. The predicted molar refractivity (Wildman–Crippen MR) is 98.1 cm³/mol. The molecule has 2 heterocycles. The third-order valence-electron chi connectivity index (χ3n) is 4.73. The number of rotatable bonds is 3. The molecule has 1 amide bonds. The number of aromatic nitrogens is 1. The van der Waals surface area contributed by atoms with Crippen molar-refractivity contribution in [1.29, 1.82) is 0 Å². The smallest absolute Gasteiger partial charge is 0.229 e. The van der Waals surface area contributed by atoms with Gasteiger partial charge in [-0.15, -0.1) is 0 Å². The number of amides is 1. The van der Waals surface area contributed by atoms with Crippen molar-refractivity contribution in [2.24, 2.45) is 0 Å². The molecule has 3 aromatic rings. The number of carbonyl (C=O) groups excluding carboxylic acids is 1. The summed E-state index contributed by atoms with van der Waals surface area (Å²) in [6, 6.07) is 16.3. The molecule has 0 atom stereocenters. The molecule has 0 fully saturated rings. The van der Waals surface area contributed by atoms with E-state index in [1.54, 1.807) is 0 Å². The summed E-state index contributed by atoms with van der Waals surface area (Å²) in [5.41, 5.74) is 5.15. The molecule has 4 rings (SSSR count). The Morgan fingerprint density at radius 2 is 2.04 bits per heavy atom. The molecule has 0 saturated heterocycles. The molecule has 4 nitrogen and oxygen atoms in total. The zero-order valence-electron chi connectivity index (χ0n) is 14.2. The van der Waals surface area contributed by atoms with E-state index in [4.69, 9.17) is 4.52 Å². The lowest BCUT2D eigenvalue weighted by Gasteiger charge is -2.26. The van der Waals surface area contributed by atoms with E-state index in [1.165, 1.54) is 11.1 Å². The van der Waals surface area contributed by atoms with Crippen molar-refractivity contribution >= 4 is 22.4 Å². The zero-order chi connectivity index (χ0) is 17.2. The van der Waals surface area contributed by atoms with E-state index < -0.39 is 0 Å². The highest BCUT2D eigenvalue weighted by atomic mass is 16.5. The Bertz CT molecular complexity index is 941. The minimum Gasteiger partial charge on any atom is -0.356 e. The number of benzene rings is 2. The second-order valence-electron chi connectivity index (χ2n) is 6.49. The van der Waals surface area contributed by atoms with Crippen molar-refractivity contribution in [2.75, 3.05) is 13.1 Å². The summed E-state index contributed by atoms with van der Waals surface area (Å²) in [6.07, 6.45) is 3.32. The summed E-state index contributed by atoms with van der Waals surface area (Å²) < 4.78 is 5.33. The van der Waals surface area contributed by atoms with Crippen molar-refractivity contribution in [1.82, 2.24) is 10.1 Å². The van der Waals surface area contributed by atoms with Gasteiger partial charge in [0.25, 0.3) is 0 Å². The van der Waals surface area contributed by atoms with Gasteiger partial charge in [0, 0.05) is 18.5 Å². The van der Waals surface area contributed by atoms with Gasteiger partial charge < -0.3 is 9.42 Å². The average molecular weight is 332 g/mol. The maximum Gasteiger partial charge on any atom is 0.229 e. The van der Waals surface area contributed by atoms with Crippen LogP contribution >= 0.6 is 0 Å². The largest absolute Gasteiger partial charge is 0.356 e. The molecule has 126 valence electrons. The summed E-state index contributed by atoms with van der Waals surface area (Å²) in [7, 11) is 0. The number of aryl methyl sites for hydroxylation is 1. The molecule has 2 aromatic carbocycles. The first-order valence-corrected chi connectivity index (χ1v) is 8.58. The number of hydrogen-bond donors (Lipinski definition) is 0. The first-order chi connectivity index (χ1) is 12.2. The second-order valence-corrected chi connectivity index (χ2v) is 6.49. The zero-order valence-corrected chi connectivity index (χ0v) is 14.2. The number of hydrogen-bond acceptors (Lipinski definition) is 3. The van der Waals surface area contributed by atoms with Gasteiger partial charge in [0.2, 0.25) is 5.91 Å². The molecule has 0 aliphatic carbocycles. The van der Waals surface area contributed by atoms with Gasteiger partial charge in [0.05, 0.1) is 6.42 Å². The van der Waals surface area contributed by atoms with Crippen molar-refractivity contribution < 1.29 is 9.32 Å². The first-order valence-electron chi connectivity index (χ1n) is 8.58. The third kappa shape index (κ3) is 3.20. The van der Waals surface area contributed by atoms with Gasteiger partial charge >= 0.3 is 0 Å². The van der Waals surface area contributed by atoms with Crippen LogP contribution < -0.4 is 0 Å². The molecule has 1 aliphatic rings. The van der Waals surface area contributed by atoms with Crippen LogP contribution in [0.4, 0.5) is 0 Å². The Labute approximate surface area is 146 Å². The van der Waals surface area contributed by atoms with Crippen LogP contribution in [0.2, 0.25) is 0 Å². The van der Waals surface area contributed by atoms with Gasteiger partial charge in [-0.2, -0.15) is 0 Å². The standard InChI is InChI=1S/C21H20N2O2/c1-15-7-8-20-18(13-15)19(22-25-20)14-21(24)23-11-9-17(10-12-23)16-5-3-2-4-6-16/h2-9,13H,10-12,14H2,1H3. The lowest BCUT2D eigenvalue weighted by molar-refractivity contribution is -0.130. The van der Waals surface area contributed by atoms with E-state index in [1.807, 2.05) is 48.2 Å². The molecule has 0 bridgehead atoms. The van der Waals surface area contributed by atoms with Gasteiger partial charge in [0.15, 0.2) is 5.58 Å². The Hall–Kier alpha value is -2.88. The fourth-order valence-electron chi connectivity index (χ4n) is 3.30. The van der Waals surface area contributed by atoms with Crippen LogP contribution in [0.25, 0.3) is 16.5 Å². The molecule has 0 saturated carbocycles. The molecule has 4 heteroatoms. The first kappa shape index (κ1) is 15.6. The van der Waals surface area contributed by atoms with Crippen LogP contribution in [0.1, 0.15) is 23.2 Å². The maximum atomic E-state index is 12.7. The summed E-state index contributed by atoms with van der Waals surface area (Å²) in [5, 5.41) is 5.03. The fourth-order valence-corrected chi connectivity index (χ4v) is 3.30. The van der Waals surface area contributed by atoms with Gasteiger partial charge in [-0.1, -0.05) is 53.2 Å². The van der Waals surface area contributed by atoms with Crippen LogP contribution in [-0.4, -0.2) is 29.1 Å². The second kappa shape index (κ2) is 6.55. The molecule has 0 spiro atoms. The Kier molecular flexibility index (Phi) is 4.10. The fraction of sp³-hybridized carbons (Fsp3) is 0.238. The summed E-state index contributed by atoms with van der Waals surface area (Å²) in [4.78, 5) is 14.5. The summed E-state index contributed by atoms with van der Waals surface area (Å²) in [6.45, 7) is 3.42. The minimum atomic E-state index is 0.0973. The van der Waals surface area contributed by atoms with Crippen LogP contribution in [0.15, 0.2) is 59.1 Å². The SMILES string of the molecule is Cc1ccc2onc(CC(=O)N3CC=C(c4ccccc4)CC3)c2c1. The molecular weight excluding hydrogens is 312 g/mol. The highest BCUT2D eigenvalue weighted by Crippen LogP contribution is 2.24. The Balaban J connectivity index is 1.47. The van der Waals surface area contributed by atoms with Crippen molar-refractivity contribution in [3.05, 3.63) is 71.4 Å². The maximum absolute atomic E-state index is 12.7. The average Bonchev–Trinajstić information content (AvgIpc) is 3.04. The number of fused-ring (bicyclic) bond motifs is 1. The van der Waals surface area contributed by atoms with E-state index in [9.17, 15) is 4.79 Å². The number of carbonyl (C=O) groups is 1. The quantitative estimate of drug-likeness (QED) is 0.728. The van der Waals surface area contributed by atoms with Gasteiger partial charge in [-0.05, 0) is 36.6 Å². The van der Waals surface area contributed by atoms with Crippen molar-refractivity contribution in [2.45, 2.75) is 19.8 Å². The monoisotopic (exact) mass is 332 g/mol. The lowest BCUT2D eigenvalue weighted by atomic mass is 9.99. The van der Waals surface area contributed by atoms with E-state index in [2.05, 4.69) is 23.4 Å². The van der Waals surface area contributed by atoms with Gasteiger partial charge in [0.1, 0.15) is 5.69 Å². The van der Waals surface area contributed by atoms with Crippen LogP contribution in [-0.2, 0) is 11.2 Å². The summed E-state index contributed by atoms with van der Waals surface area (Å²) in [5.74, 6) is 0.0973. The molecule has 1 aliphatic heterocycles.